The third-order valence-electron chi connectivity index (χ3n) is 4.53. The van der Waals surface area contributed by atoms with Crippen molar-refractivity contribution in [3.05, 3.63) is 96.6 Å². The molecule has 0 unspecified atom stereocenters. The molecule has 0 fully saturated rings. The lowest BCUT2D eigenvalue weighted by Crippen LogP contribution is -2.51. The molecule has 0 aliphatic rings. The van der Waals surface area contributed by atoms with Gasteiger partial charge in [0, 0.05) is 18.7 Å². The molecule has 3 rings (SSSR count). The Labute approximate surface area is 187 Å². The number of carbonyl (C=O) groups excluding carboxylic acids is 1. The molecule has 3 N–H and O–H groups in total. The molecular weight excluding hydrogens is 408 g/mol. The first-order chi connectivity index (χ1) is 15.6. The standard InChI is InChI=1S/C25H28N2O5/c28-21(18-31-23-12-6-2-7-13-23)16-27(26-25(30)20-10-4-1-5-11-20)17-22(29)19-32-24-14-8-3-9-15-24/h1-15,21-22,28-29H,16-19H2,(H,26,30)/t21-,22-/m1/s1. The van der Waals surface area contributed by atoms with Crippen molar-refractivity contribution >= 4 is 5.91 Å². The molecule has 0 aliphatic carbocycles. The lowest BCUT2D eigenvalue weighted by atomic mass is 10.2. The fraction of sp³-hybridized carbons (Fsp3) is 0.240. The number of rotatable bonds is 12. The van der Waals surface area contributed by atoms with Crippen LogP contribution in [-0.2, 0) is 0 Å². The summed E-state index contributed by atoms with van der Waals surface area (Å²) in [5.41, 5.74) is 3.23. The van der Waals surface area contributed by atoms with E-state index in [1.54, 1.807) is 48.5 Å². The van der Waals surface area contributed by atoms with Gasteiger partial charge in [-0.3, -0.25) is 10.2 Å². The van der Waals surface area contributed by atoms with Crippen molar-refractivity contribution in [2.24, 2.45) is 0 Å². The molecule has 0 radical (unpaired) electrons. The Balaban J connectivity index is 1.57. The molecule has 0 heterocycles. The van der Waals surface area contributed by atoms with Gasteiger partial charge in [0.05, 0.1) is 0 Å². The largest absolute Gasteiger partial charge is 0.491 e. The third-order valence-corrected chi connectivity index (χ3v) is 4.53. The number of para-hydroxylation sites is 2. The number of nitrogens with one attached hydrogen (secondary N) is 1. The van der Waals surface area contributed by atoms with Crippen LogP contribution in [0.5, 0.6) is 11.5 Å². The third kappa shape index (κ3) is 8.03. The number of benzene rings is 3. The summed E-state index contributed by atoms with van der Waals surface area (Å²) >= 11 is 0. The van der Waals surface area contributed by atoms with Gasteiger partial charge in [0.2, 0.25) is 0 Å². The first-order valence-electron chi connectivity index (χ1n) is 10.4. The van der Waals surface area contributed by atoms with Gasteiger partial charge in [-0.2, -0.15) is 0 Å². The van der Waals surface area contributed by atoms with Gasteiger partial charge in [-0.1, -0.05) is 54.6 Å². The normalized spacial score (nSPS) is 12.7. The average Bonchev–Trinajstić information content (AvgIpc) is 2.83. The Bertz CT molecular complexity index is 873. The zero-order valence-corrected chi connectivity index (χ0v) is 17.7. The van der Waals surface area contributed by atoms with Crippen LogP contribution in [0.25, 0.3) is 0 Å². The van der Waals surface area contributed by atoms with Gasteiger partial charge >= 0.3 is 0 Å². The van der Waals surface area contributed by atoms with E-state index in [-0.39, 0.29) is 32.2 Å². The first-order valence-corrected chi connectivity index (χ1v) is 10.4. The van der Waals surface area contributed by atoms with Crippen LogP contribution in [0.1, 0.15) is 10.4 Å². The van der Waals surface area contributed by atoms with Crippen LogP contribution in [0.15, 0.2) is 91.0 Å². The molecule has 2 atom stereocenters. The summed E-state index contributed by atoms with van der Waals surface area (Å²) in [5, 5.41) is 22.4. The quantitative estimate of drug-likeness (QED) is 0.378. The smallest absolute Gasteiger partial charge is 0.265 e. The molecule has 0 saturated carbocycles. The number of hydrogen-bond donors (Lipinski definition) is 3. The molecule has 7 nitrogen and oxygen atoms in total. The van der Waals surface area contributed by atoms with Crippen LogP contribution < -0.4 is 14.9 Å². The van der Waals surface area contributed by atoms with Gasteiger partial charge in [0.15, 0.2) is 0 Å². The van der Waals surface area contributed by atoms with Crippen molar-refractivity contribution in [2.75, 3.05) is 26.3 Å². The summed E-state index contributed by atoms with van der Waals surface area (Å²) < 4.78 is 11.2. The van der Waals surface area contributed by atoms with E-state index in [2.05, 4.69) is 5.43 Å². The fourth-order valence-corrected chi connectivity index (χ4v) is 3.00. The van der Waals surface area contributed by atoms with Crippen LogP contribution in [0.3, 0.4) is 0 Å². The minimum Gasteiger partial charge on any atom is -0.491 e. The molecule has 0 aliphatic heterocycles. The molecular formula is C25H28N2O5. The van der Waals surface area contributed by atoms with Gasteiger partial charge in [0.1, 0.15) is 36.9 Å². The lowest BCUT2D eigenvalue weighted by Gasteiger charge is -2.27. The van der Waals surface area contributed by atoms with E-state index in [1.165, 1.54) is 5.01 Å². The van der Waals surface area contributed by atoms with E-state index in [0.29, 0.717) is 17.1 Å². The van der Waals surface area contributed by atoms with Gasteiger partial charge in [-0.05, 0) is 36.4 Å². The van der Waals surface area contributed by atoms with E-state index in [1.807, 2.05) is 42.5 Å². The van der Waals surface area contributed by atoms with Gasteiger partial charge in [-0.25, -0.2) is 5.01 Å². The number of hydrogen-bond acceptors (Lipinski definition) is 6. The highest BCUT2D eigenvalue weighted by molar-refractivity contribution is 5.93. The second-order valence-corrected chi connectivity index (χ2v) is 7.27. The summed E-state index contributed by atoms with van der Waals surface area (Å²) in [4.78, 5) is 12.6. The van der Waals surface area contributed by atoms with Crippen molar-refractivity contribution in [1.82, 2.24) is 10.4 Å². The number of aliphatic hydroxyl groups is 2. The topological polar surface area (TPSA) is 91.3 Å². The number of hydrazine groups is 1. The molecule has 1 amide bonds. The predicted molar refractivity (Wildman–Crippen MR) is 121 cm³/mol. The molecule has 32 heavy (non-hydrogen) atoms. The molecule has 3 aromatic rings. The maximum Gasteiger partial charge on any atom is 0.265 e. The molecule has 168 valence electrons. The van der Waals surface area contributed by atoms with Crippen LogP contribution in [-0.4, -0.2) is 59.6 Å². The van der Waals surface area contributed by atoms with E-state index in [9.17, 15) is 15.0 Å². The molecule has 0 saturated heterocycles. The van der Waals surface area contributed by atoms with Crippen molar-refractivity contribution < 1.29 is 24.5 Å². The number of amides is 1. The maximum atomic E-state index is 12.6. The minimum absolute atomic E-state index is 0.0400. The van der Waals surface area contributed by atoms with Gasteiger partial charge < -0.3 is 19.7 Å². The Hall–Kier alpha value is -3.39. The summed E-state index contributed by atoms with van der Waals surface area (Å²) in [7, 11) is 0. The summed E-state index contributed by atoms with van der Waals surface area (Å²) in [6.07, 6.45) is -1.79. The highest BCUT2D eigenvalue weighted by Crippen LogP contribution is 2.10. The monoisotopic (exact) mass is 436 g/mol. The Kier molecular flexibility index (Phi) is 9.06. The first kappa shape index (κ1) is 23.3. The van der Waals surface area contributed by atoms with Crippen LogP contribution >= 0.6 is 0 Å². The molecule has 7 heteroatoms. The number of nitrogens with zero attached hydrogens (tertiary/aromatic N) is 1. The summed E-state index contributed by atoms with van der Waals surface area (Å²) in [6.45, 7) is 0.207. The number of ether oxygens (including phenoxy) is 2. The Morgan fingerprint density at radius 2 is 1.12 bits per heavy atom. The highest BCUT2D eigenvalue weighted by atomic mass is 16.5. The molecule has 0 bridgehead atoms. The second kappa shape index (κ2) is 12.5. The van der Waals surface area contributed by atoms with Crippen molar-refractivity contribution in [1.29, 1.82) is 0 Å². The van der Waals surface area contributed by atoms with Gasteiger partial charge in [-0.15, -0.1) is 0 Å². The Morgan fingerprint density at radius 1 is 0.719 bits per heavy atom. The highest BCUT2D eigenvalue weighted by Gasteiger charge is 2.19. The molecule has 0 spiro atoms. The van der Waals surface area contributed by atoms with Crippen molar-refractivity contribution in [3.63, 3.8) is 0 Å². The predicted octanol–water partition coefficient (Wildman–Crippen LogP) is 2.51. The van der Waals surface area contributed by atoms with Gasteiger partial charge in [0.25, 0.3) is 5.91 Å². The van der Waals surface area contributed by atoms with Crippen molar-refractivity contribution in [3.8, 4) is 11.5 Å². The SMILES string of the molecule is O=C(NN(C[C@@H](O)COc1ccccc1)C[C@@H](O)COc1ccccc1)c1ccccc1. The second-order valence-electron chi connectivity index (χ2n) is 7.27. The number of aliphatic hydroxyl groups excluding tert-OH is 2. The fourth-order valence-electron chi connectivity index (χ4n) is 3.00. The lowest BCUT2D eigenvalue weighted by molar-refractivity contribution is 0.0105. The van der Waals surface area contributed by atoms with Crippen LogP contribution in [0, 0.1) is 0 Å². The van der Waals surface area contributed by atoms with E-state index in [0.717, 1.165) is 0 Å². The molecule has 0 aromatic heterocycles. The van der Waals surface area contributed by atoms with E-state index < -0.39 is 12.2 Å². The summed E-state index contributed by atoms with van der Waals surface area (Å²) in [6, 6.07) is 27.1. The maximum absolute atomic E-state index is 12.6. The number of carbonyl (C=O) groups is 1. The molecule has 3 aromatic carbocycles. The Morgan fingerprint density at radius 3 is 1.56 bits per heavy atom. The van der Waals surface area contributed by atoms with E-state index >= 15 is 0 Å². The average molecular weight is 437 g/mol. The van der Waals surface area contributed by atoms with Crippen LogP contribution in [0.2, 0.25) is 0 Å². The van der Waals surface area contributed by atoms with E-state index in [4.69, 9.17) is 9.47 Å². The zero-order chi connectivity index (χ0) is 22.6. The minimum atomic E-state index is -0.895. The van der Waals surface area contributed by atoms with Crippen LogP contribution in [0.4, 0.5) is 0 Å². The van der Waals surface area contributed by atoms with Crippen molar-refractivity contribution in [2.45, 2.75) is 12.2 Å². The summed E-state index contributed by atoms with van der Waals surface area (Å²) in [5.74, 6) is 0.948. The zero-order valence-electron chi connectivity index (χ0n) is 17.7.